The Labute approximate surface area is 162 Å². The molecular weight excluding hydrogens is 400 g/mol. The van der Waals surface area contributed by atoms with Crippen molar-refractivity contribution in [1.29, 1.82) is 0 Å². The summed E-state index contributed by atoms with van der Waals surface area (Å²) in [6.45, 7) is 3.26. The van der Waals surface area contributed by atoms with Gasteiger partial charge in [0.15, 0.2) is 0 Å². The summed E-state index contributed by atoms with van der Waals surface area (Å²) >= 11 is 5.91. The van der Waals surface area contributed by atoms with Gasteiger partial charge >= 0.3 is 6.18 Å². The van der Waals surface area contributed by atoms with Gasteiger partial charge in [0.1, 0.15) is 17.4 Å². The quantitative estimate of drug-likeness (QED) is 0.442. The number of alkyl halides is 4. The number of rotatable bonds is 4. The minimum absolute atomic E-state index is 0.0127. The predicted molar refractivity (Wildman–Crippen MR) is 97.6 cm³/mol. The van der Waals surface area contributed by atoms with Crippen molar-refractivity contribution in [2.45, 2.75) is 32.0 Å². The number of hydrogen-bond donors (Lipinski definition) is 0. The van der Waals surface area contributed by atoms with Crippen LogP contribution in [0, 0.1) is 5.82 Å². The van der Waals surface area contributed by atoms with Gasteiger partial charge in [0.05, 0.1) is 34.1 Å². The summed E-state index contributed by atoms with van der Waals surface area (Å²) in [7, 11) is 0. The fraction of sp³-hybridized carbons (Fsp3) is 0.263. The number of aromatic nitrogens is 2. The Balaban J connectivity index is 2.42. The summed E-state index contributed by atoms with van der Waals surface area (Å²) in [4.78, 5) is 17.3. The van der Waals surface area contributed by atoms with Gasteiger partial charge in [-0.1, -0.05) is 12.1 Å². The number of halogens is 5. The first-order chi connectivity index (χ1) is 13.1. The van der Waals surface area contributed by atoms with E-state index in [-0.39, 0.29) is 28.5 Å². The van der Waals surface area contributed by atoms with Crippen LogP contribution in [0.1, 0.15) is 25.2 Å². The molecular formula is C19H15ClF4N2O2. The molecule has 0 bridgehead atoms. The molecule has 0 fully saturated rings. The Morgan fingerprint density at radius 1 is 1.21 bits per heavy atom. The highest BCUT2D eigenvalue weighted by Gasteiger charge is 2.36. The second-order valence-corrected chi connectivity index (χ2v) is 6.55. The molecule has 3 aromatic rings. The van der Waals surface area contributed by atoms with Gasteiger partial charge in [0.25, 0.3) is 5.56 Å². The van der Waals surface area contributed by atoms with Crippen LogP contribution >= 0.6 is 11.6 Å². The minimum Gasteiger partial charge on any atom is -0.489 e. The first-order valence-electron chi connectivity index (χ1n) is 8.28. The molecule has 0 amide bonds. The minimum atomic E-state index is -4.95. The number of para-hydroxylation sites is 1. The van der Waals surface area contributed by atoms with Crippen molar-refractivity contribution in [3.05, 3.63) is 64.0 Å². The van der Waals surface area contributed by atoms with Crippen LogP contribution < -0.4 is 10.3 Å². The Morgan fingerprint density at radius 3 is 2.50 bits per heavy atom. The topological polar surface area (TPSA) is 44.1 Å². The third kappa shape index (κ3) is 3.69. The summed E-state index contributed by atoms with van der Waals surface area (Å²) in [6.07, 6.45) is -5.43. The Bertz CT molecular complexity index is 1090. The first-order valence-corrected chi connectivity index (χ1v) is 8.81. The van der Waals surface area contributed by atoms with Crippen LogP contribution in [0.15, 0.2) is 41.2 Å². The van der Waals surface area contributed by atoms with E-state index in [1.165, 1.54) is 6.07 Å². The lowest BCUT2D eigenvalue weighted by atomic mass is 10.1. The molecule has 28 heavy (non-hydrogen) atoms. The average Bonchev–Trinajstić information content (AvgIpc) is 2.61. The average molecular weight is 415 g/mol. The molecule has 0 saturated heterocycles. The molecule has 0 N–H and O–H groups in total. The van der Waals surface area contributed by atoms with Crippen LogP contribution in [0.25, 0.3) is 16.6 Å². The molecule has 9 heteroatoms. The van der Waals surface area contributed by atoms with E-state index < -0.39 is 29.2 Å². The zero-order chi connectivity index (χ0) is 20.6. The molecule has 0 aliphatic heterocycles. The van der Waals surface area contributed by atoms with Crippen LogP contribution in [-0.2, 0) is 12.1 Å². The summed E-state index contributed by atoms with van der Waals surface area (Å²) in [6, 6.07) is 7.53. The van der Waals surface area contributed by atoms with Crippen molar-refractivity contribution < 1.29 is 22.3 Å². The zero-order valence-electron chi connectivity index (χ0n) is 14.8. The Hall–Kier alpha value is -2.61. The van der Waals surface area contributed by atoms with Crippen LogP contribution in [0.2, 0.25) is 0 Å². The van der Waals surface area contributed by atoms with Gasteiger partial charge in [-0.3, -0.25) is 9.36 Å². The normalized spacial score (nSPS) is 12.0. The Morgan fingerprint density at radius 2 is 1.89 bits per heavy atom. The summed E-state index contributed by atoms with van der Waals surface area (Å²) in [5.74, 6) is -1.95. The highest BCUT2D eigenvalue weighted by atomic mass is 35.5. The van der Waals surface area contributed by atoms with Crippen molar-refractivity contribution in [1.82, 2.24) is 9.55 Å². The van der Waals surface area contributed by atoms with Gasteiger partial charge in [0, 0.05) is 6.07 Å². The molecule has 1 heterocycles. The molecule has 3 rings (SSSR count). The molecule has 0 aliphatic rings. The fourth-order valence-corrected chi connectivity index (χ4v) is 2.98. The number of benzene rings is 2. The molecule has 4 nitrogen and oxygen atoms in total. The van der Waals surface area contributed by atoms with Crippen molar-refractivity contribution in [3.63, 3.8) is 0 Å². The van der Waals surface area contributed by atoms with Crippen LogP contribution in [0.4, 0.5) is 17.6 Å². The zero-order valence-corrected chi connectivity index (χ0v) is 15.6. The van der Waals surface area contributed by atoms with Gasteiger partial charge in [0.2, 0.25) is 0 Å². The standard InChI is InChI=1S/C19H15ClF4N2O2/c1-10(2)28-16-8-13(21)12(19(22,23)24)7-15(16)26-17(9-20)25-14-6-4-3-5-11(14)18(26)27/h3-8,10H,9H2,1-2H3. The van der Waals surface area contributed by atoms with E-state index in [1.54, 1.807) is 32.0 Å². The summed E-state index contributed by atoms with van der Waals surface area (Å²) in [5.41, 5.74) is -2.07. The van der Waals surface area contributed by atoms with E-state index in [9.17, 15) is 22.4 Å². The number of fused-ring (bicyclic) bond motifs is 1. The van der Waals surface area contributed by atoms with Gasteiger partial charge in [-0.05, 0) is 32.0 Å². The van der Waals surface area contributed by atoms with Crippen LogP contribution in [0.5, 0.6) is 5.75 Å². The maximum Gasteiger partial charge on any atom is 0.419 e. The molecule has 2 aromatic carbocycles. The summed E-state index contributed by atoms with van der Waals surface area (Å²) in [5, 5.41) is 0.185. The lowest BCUT2D eigenvalue weighted by Gasteiger charge is -2.20. The van der Waals surface area contributed by atoms with Crippen LogP contribution in [0.3, 0.4) is 0 Å². The highest BCUT2D eigenvalue weighted by molar-refractivity contribution is 6.16. The third-order valence-corrected chi connectivity index (χ3v) is 4.16. The van der Waals surface area contributed by atoms with E-state index in [0.717, 1.165) is 4.57 Å². The van der Waals surface area contributed by atoms with Gasteiger partial charge in [-0.15, -0.1) is 11.6 Å². The van der Waals surface area contributed by atoms with Gasteiger partial charge in [-0.25, -0.2) is 9.37 Å². The highest BCUT2D eigenvalue weighted by Crippen LogP contribution is 2.37. The second-order valence-electron chi connectivity index (χ2n) is 6.28. The molecule has 0 spiro atoms. The Kier molecular flexibility index (Phi) is 5.34. The van der Waals surface area contributed by atoms with E-state index >= 15 is 0 Å². The van der Waals surface area contributed by atoms with E-state index in [2.05, 4.69) is 4.98 Å². The van der Waals surface area contributed by atoms with Crippen LogP contribution in [-0.4, -0.2) is 15.7 Å². The molecule has 0 unspecified atom stereocenters. The molecule has 1 aromatic heterocycles. The predicted octanol–water partition coefficient (Wildman–Crippen LogP) is 5.07. The SMILES string of the molecule is CC(C)Oc1cc(F)c(C(F)(F)F)cc1-n1c(CCl)nc2ccccc2c1=O. The van der Waals surface area contributed by atoms with Crippen molar-refractivity contribution in [2.75, 3.05) is 0 Å². The molecule has 0 radical (unpaired) electrons. The smallest absolute Gasteiger partial charge is 0.419 e. The third-order valence-electron chi connectivity index (χ3n) is 3.92. The second kappa shape index (κ2) is 7.43. The molecule has 0 aliphatic carbocycles. The van der Waals surface area contributed by atoms with Crippen molar-refractivity contribution in [2.24, 2.45) is 0 Å². The first kappa shape index (κ1) is 20.1. The fourth-order valence-electron chi connectivity index (χ4n) is 2.80. The van der Waals surface area contributed by atoms with Crippen molar-refractivity contribution in [3.8, 4) is 11.4 Å². The largest absolute Gasteiger partial charge is 0.489 e. The number of hydrogen-bond acceptors (Lipinski definition) is 3. The van der Waals surface area contributed by atoms with Gasteiger partial charge in [-0.2, -0.15) is 13.2 Å². The van der Waals surface area contributed by atoms with Crippen molar-refractivity contribution >= 4 is 22.5 Å². The summed E-state index contributed by atoms with van der Waals surface area (Å²) < 4.78 is 60.3. The van der Waals surface area contributed by atoms with E-state index in [0.29, 0.717) is 17.6 Å². The van der Waals surface area contributed by atoms with E-state index in [1.807, 2.05) is 0 Å². The maximum atomic E-state index is 14.1. The maximum absolute atomic E-state index is 14.1. The molecule has 0 atom stereocenters. The number of nitrogens with zero attached hydrogens (tertiary/aromatic N) is 2. The lowest BCUT2D eigenvalue weighted by molar-refractivity contribution is -0.140. The monoisotopic (exact) mass is 414 g/mol. The number of ether oxygens (including phenoxy) is 1. The lowest BCUT2D eigenvalue weighted by Crippen LogP contribution is -2.25. The molecule has 0 saturated carbocycles. The van der Waals surface area contributed by atoms with E-state index in [4.69, 9.17) is 16.3 Å². The molecule has 148 valence electrons. The van der Waals surface area contributed by atoms with Gasteiger partial charge < -0.3 is 4.74 Å².